The zero-order valence-corrected chi connectivity index (χ0v) is 17.8. The van der Waals surface area contributed by atoms with E-state index in [4.69, 9.17) is 9.47 Å². The summed E-state index contributed by atoms with van der Waals surface area (Å²) < 4.78 is 11.7. The Balaban J connectivity index is 1.89. The lowest BCUT2D eigenvalue weighted by Crippen LogP contribution is -2.25. The van der Waals surface area contributed by atoms with Crippen LogP contribution in [-0.2, 0) is 16.1 Å². The molecule has 3 rings (SSSR count). The van der Waals surface area contributed by atoms with Gasteiger partial charge in [0.1, 0.15) is 17.2 Å². The Morgan fingerprint density at radius 2 is 1.93 bits per heavy atom. The topological polar surface area (TPSA) is 86.6 Å². The van der Waals surface area contributed by atoms with Crippen LogP contribution in [0.1, 0.15) is 22.3 Å². The Bertz CT molecular complexity index is 1080. The third kappa shape index (κ3) is 4.75. The Morgan fingerprint density at radius 3 is 2.52 bits per heavy atom. The fourth-order valence-electron chi connectivity index (χ4n) is 2.66. The number of aromatic nitrogens is 1. The van der Waals surface area contributed by atoms with E-state index < -0.39 is 11.9 Å². The maximum absolute atomic E-state index is 12.5. The Labute approximate surface area is 175 Å². The molecule has 0 bridgehead atoms. The fourth-order valence-corrected chi connectivity index (χ4v) is 4.41. The summed E-state index contributed by atoms with van der Waals surface area (Å²) in [6, 6.07) is 9.13. The highest BCUT2D eigenvalue weighted by Gasteiger charge is 2.20. The number of ether oxygens (including phenoxy) is 2. The van der Waals surface area contributed by atoms with Crippen molar-refractivity contribution in [3.63, 3.8) is 0 Å². The van der Waals surface area contributed by atoms with Crippen LogP contribution in [0, 0.1) is 6.92 Å². The van der Waals surface area contributed by atoms with Crippen LogP contribution in [0.4, 0.5) is 5.69 Å². The minimum absolute atomic E-state index is 0.121. The molecule has 0 aliphatic carbocycles. The first-order valence-corrected chi connectivity index (χ1v) is 10.5. The third-order valence-corrected chi connectivity index (χ3v) is 6.16. The normalized spacial score (nSPS) is 10.6. The van der Waals surface area contributed by atoms with E-state index in [0.29, 0.717) is 16.3 Å². The summed E-state index contributed by atoms with van der Waals surface area (Å²) in [6.07, 6.45) is 0. The summed E-state index contributed by atoms with van der Waals surface area (Å²) >= 11 is 2.28. The van der Waals surface area contributed by atoms with Crippen molar-refractivity contribution in [3.05, 3.63) is 56.0 Å². The molecule has 0 saturated carbocycles. The van der Waals surface area contributed by atoms with Gasteiger partial charge in [0.15, 0.2) is 0 Å². The van der Waals surface area contributed by atoms with Crippen LogP contribution in [0.5, 0.6) is 5.75 Å². The number of esters is 1. The van der Waals surface area contributed by atoms with E-state index in [2.05, 4.69) is 5.32 Å². The monoisotopic (exact) mass is 432 g/mol. The molecule has 3 aromatic rings. The third-order valence-electron chi connectivity index (χ3n) is 4.12. The number of aryl methyl sites for hydroxylation is 1. The molecule has 0 radical (unpaired) electrons. The van der Waals surface area contributed by atoms with Crippen LogP contribution in [-0.4, -0.2) is 30.2 Å². The quantitative estimate of drug-likeness (QED) is 0.575. The molecule has 1 N–H and O–H groups in total. The number of methoxy groups -OCH3 is 1. The van der Waals surface area contributed by atoms with Gasteiger partial charge < -0.3 is 14.8 Å². The largest absolute Gasteiger partial charge is 0.497 e. The van der Waals surface area contributed by atoms with Gasteiger partial charge in [-0.25, -0.2) is 4.79 Å². The predicted octanol–water partition coefficient (Wildman–Crippen LogP) is 3.77. The van der Waals surface area contributed by atoms with Gasteiger partial charge in [0, 0.05) is 16.0 Å². The number of hydrogen-bond acceptors (Lipinski definition) is 7. The van der Waals surface area contributed by atoms with Gasteiger partial charge in [0.05, 0.1) is 19.4 Å². The molecule has 0 unspecified atom stereocenters. The molecule has 9 heteroatoms. The number of carbonyl (C=O) groups is 2. The highest BCUT2D eigenvalue weighted by atomic mass is 32.1. The summed E-state index contributed by atoms with van der Waals surface area (Å²) in [6.45, 7) is 3.59. The SMILES string of the molecule is CCOC(=O)c1sc(-c2ccc(OC)cc2)cc1NC(=O)Cn1c(C)csc1=O. The Morgan fingerprint density at radius 1 is 1.21 bits per heavy atom. The van der Waals surface area contributed by atoms with Crippen LogP contribution in [0.15, 0.2) is 40.5 Å². The number of nitrogens with zero attached hydrogens (tertiary/aromatic N) is 1. The van der Waals surface area contributed by atoms with Crippen LogP contribution in [0.3, 0.4) is 0 Å². The highest BCUT2D eigenvalue weighted by molar-refractivity contribution is 7.18. The molecule has 29 heavy (non-hydrogen) atoms. The predicted molar refractivity (Wildman–Crippen MR) is 114 cm³/mol. The summed E-state index contributed by atoms with van der Waals surface area (Å²) in [7, 11) is 1.59. The van der Waals surface area contributed by atoms with Crippen molar-refractivity contribution < 1.29 is 19.1 Å². The van der Waals surface area contributed by atoms with E-state index in [9.17, 15) is 14.4 Å². The van der Waals surface area contributed by atoms with E-state index in [1.807, 2.05) is 24.3 Å². The number of benzene rings is 1. The van der Waals surface area contributed by atoms with E-state index >= 15 is 0 Å². The number of thiazole rings is 1. The van der Waals surface area contributed by atoms with Gasteiger partial charge in [-0.3, -0.25) is 14.2 Å². The second-order valence-electron chi connectivity index (χ2n) is 6.08. The number of rotatable bonds is 7. The number of hydrogen-bond donors (Lipinski definition) is 1. The van der Waals surface area contributed by atoms with Crippen molar-refractivity contribution in [1.82, 2.24) is 4.57 Å². The molecule has 0 saturated heterocycles. The van der Waals surface area contributed by atoms with Crippen molar-refractivity contribution in [3.8, 4) is 16.2 Å². The molecule has 0 atom stereocenters. The first-order chi connectivity index (χ1) is 13.9. The van der Waals surface area contributed by atoms with E-state index in [1.165, 1.54) is 15.9 Å². The minimum atomic E-state index is -0.503. The summed E-state index contributed by atoms with van der Waals surface area (Å²) in [4.78, 5) is 37.7. The number of thiophene rings is 1. The minimum Gasteiger partial charge on any atom is -0.497 e. The number of anilines is 1. The molecule has 152 valence electrons. The van der Waals surface area contributed by atoms with Crippen molar-refractivity contribution in [2.24, 2.45) is 0 Å². The average molecular weight is 433 g/mol. The Hall–Kier alpha value is -2.91. The molecule has 0 fully saturated rings. The molecule has 0 aliphatic heterocycles. The second kappa shape index (κ2) is 9.06. The number of nitrogens with one attached hydrogen (secondary N) is 1. The van der Waals surface area contributed by atoms with Crippen molar-refractivity contribution in [2.45, 2.75) is 20.4 Å². The van der Waals surface area contributed by atoms with Crippen LogP contribution in [0.2, 0.25) is 0 Å². The van der Waals surface area contributed by atoms with Gasteiger partial charge in [-0.15, -0.1) is 11.3 Å². The van der Waals surface area contributed by atoms with Crippen LogP contribution < -0.4 is 14.9 Å². The summed E-state index contributed by atoms with van der Waals surface area (Å²) in [5.41, 5.74) is 1.96. The van der Waals surface area contributed by atoms with E-state index in [0.717, 1.165) is 27.5 Å². The standard InChI is InChI=1S/C20H20N2O5S2/c1-4-27-19(24)18-15(21-17(23)10-22-12(2)11-28-20(22)25)9-16(29-18)13-5-7-14(26-3)8-6-13/h5-9,11H,4,10H2,1-3H3,(H,21,23). The molecule has 2 aromatic heterocycles. The smallest absolute Gasteiger partial charge is 0.350 e. The fraction of sp³-hybridized carbons (Fsp3) is 0.250. The first kappa shape index (κ1) is 20.8. The maximum atomic E-state index is 12.5. The van der Waals surface area contributed by atoms with Crippen LogP contribution >= 0.6 is 22.7 Å². The summed E-state index contributed by atoms with van der Waals surface area (Å²) in [5.74, 6) is -0.171. The molecule has 0 aliphatic rings. The van der Waals surface area contributed by atoms with Gasteiger partial charge >= 0.3 is 10.8 Å². The van der Waals surface area contributed by atoms with Crippen molar-refractivity contribution >= 4 is 40.2 Å². The molecule has 1 amide bonds. The zero-order chi connectivity index (χ0) is 21.0. The molecular formula is C20H20N2O5S2. The van der Waals surface area contributed by atoms with Gasteiger partial charge in [-0.1, -0.05) is 11.3 Å². The highest BCUT2D eigenvalue weighted by Crippen LogP contribution is 2.36. The van der Waals surface area contributed by atoms with Gasteiger partial charge in [0.25, 0.3) is 0 Å². The summed E-state index contributed by atoms with van der Waals surface area (Å²) in [5, 5.41) is 4.45. The number of amides is 1. The molecule has 7 nitrogen and oxygen atoms in total. The van der Waals surface area contributed by atoms with Gasteiger partial charge in [-0.05, 0) is 49.7 Å². The van der Waals surface area contributed by atoms with Crippen LogP contribution in [0.25, 0.3) is 10.4 Å². The Kier molecular flexibility index (Phi) is 6.50. The van der Waals surface area contributed by atoms with E-state index in [-0.39, 0.29) is 18.0 Å². The molecule has 1 aromatic carbocycles. The van der Waals surface area contributed by atoms with Crippen molar-refractivity contribution in [1.29, 1.82) is 0 Å². The molecular weight excluding hydrogens is 412 g/mol. The second-order valence-corrected chi connectivity index (χ2v) is 7.95. The van der Waals surface area contributed by atoms with E-state index in [1.54, 1.807) is 32.4 Å². The maximum Gasteiger partial charge on any atom is 0.350 e. The molecule has 2 heterocycles. The van der Waals surface area contributed by atoms with Crippen molar-refractivity contribution in [2.75, 3.05) is 19.0 Å². The average Bonchev–Trinajstić information content (AvgIpc) is 3.27. The molecule has 0 spiro atoms. The zero-order valence-electron chi connectivity index (χ0n) is 16.2. The van der Waals surface area contributed by atoms with Gasteiger partial charge in [-0.2, -0.15) is 0 Å². The number of carbonyl (C=O) groups excluding carboxylic acids is 2. The lowest BCUT2D eigenvalue weighted by Gasteiger charge is -2.07. The first-order valence-electron chi connectivity index (χ1n) is 8.83. The lowest BCUT2D eigenvalue weighted by atomic mass is 10.2. The lowest BCUT2D eigenvalue weighted by molar-refractivity contribution is -0.116. The van der Waals surface area contributed by atoms with Gasteiger partial charge in [0.2, 0.25) is 5.91 Å².